The van der Waals surface area contributed by atoms with E-state index in [0.717, 1.165) is 11.8 Å². The summed E-state index contributed by atoms with van der Waals surface area (Å²) < 4.78 is 40.1. The fraction of sp³-hybridized carbons (Fsp3) is 0.250. The van der Waals surface area contributed by atoms with Gasteiger partial charge < -0.3 is 5.73 Å². The molecule has 1 heterocycles. The Morgan fingerprint density at radius 2 is 2.10 bits per heavy atom. The Bertz CT molecular complexity index is 718. The first-order chi connectivity index (χ1) is 9.29. The molecule has 108 valence electrons. The van der Waals surface area contributed by atoms with Crippen molar-refractivity contribution in [3.8, 4) is 0 Å². The summed E-state index contributed by atoms with van der Waals surface area (Å²) in [4.78, 5) is 3.96. The Morgan fingerprint density at radius 1 is 1.40 bits per heavy atom. The van der Waals surface area contributed by atoms with Crippen LogP contribution in [0.25, 0.3) is 0 Å². The molecular formula is C12H14FN3O2S2. The van der Waals surface area contributed by atoms with Crippen LogP contribution in [0.2, 0.25) is 0 Å². The van der Waals surface area contributed by atoms with Crippen molar-refractivity contribution in [1.82, 2.24) is 9.71 Å². The highest BCUT2D eigenvalue weighted by Gasteiger charge is 2.17. The van der Waals surface area contributed by atoms with E-state index in [9.17, 15) is 12.8 Å². The molecule has 0 saturated heterocycles. The van der Waals surface area contributed by atoms with Crippen molar-refractivity contribution in [3.63, 3.8) is 0 Å². The number of halogens is 1. The maximum absolute atomic E-state index is 13.6. The van der Waals surface area contributed by atoms with E-state index in [4.69, 9.17) is 5.73 Å². The number of nitrogens with two attached hydrogens (primary N) is 1. The molecule has 5 nitrogen and oxygen atoms in total. The Labute approximate surface area is 120 Å². The SMILES string of the molecule is Cc1csc(CNS(=O)(=O)c2cc(N)c(C)c(F)c2)n1. The monoisotopic (exact) mass is 315 g/mol. The van der Waals surface area contributed by atoms with E-state index < -0.39 is 15.8 Å². The van der Waals surface area contributed by atoms with E-state index in [-0.39, 0.29) is 22.7 Å². The number of benzene rings is 1. The number of thiazole rings is 1. The summed E-state index contributed by atoms with van der Waals surface area (Å²) in [5, 5.41) is 2.47. The van der Waals surface area contributed by atoms with E-state index in [0.29, 0.717) is 5.01 Å². The highest BCUT2D eigenvalue weighted by atomic mass is 32.2. The molecule has 0 saturated carbocycles. The lowest BCUT2D eigenvalue weighted by Crippen LogP contribution is -2.23. The average molecular weight is 315 g/mol. The van der Waals surface area contributed by atoms with Crippen molar-refractivity contribution in [1.29, 1.82) is 0 Å². The molecule has 2 rings (SSSR count). The van der Waals surface area contributed by atoms with Crippen LogP contribution in [0.5, 0.6) is 0 Å². The summed E-state index contributed by atoms with van der Waals surface area (Å²) in [6, 6.07) is 2.20. The second-order valence-corrected chi connectivity index (χ2v) is 7.04. The zero-order valence-corrected chi connectivity index (χ0v) is 12.6. The molecule has 0 amide bonds. The largest absolute Gasteiger partial charge is 0.398 e. The molecule has 0 radical (unpaired) electrons. The van der Waals surface area contributed by atoms with Gasteiger partial charge in [0.1, 0.15) is 10.8 Å². The number of rotatable bonds is 4. The lowest BCUT2D eigenvalue weighted by Gasteiger charge is -2.08. The van der Waals surface area contributed by atoms with Crippen molar-refractivity contribution in [2.75, 3.05) is 5.73 Å². The molecule has 0 unspecified atom stereocenters. The number of aromatic nitrogens is 1. The van der Waals surface area contributed by atoms with Crippen LogP contribution in [0.4, 0.5) is 10.1 Å². The van der Waals surface area contributed by atoms with Gasteiger partial charge in [0.2, 0.25) is 10.0 Å². The third kappa shape index (κ3) is 3.14. The van der Waals surface area contributed by atoms with Crippen LogP contribution < -0.4 is 10.5 Å². The van der Waals surface area contributed by atoms with Crippen molar-refractivity contribution in [3.05, 3.63) is 39.6 Å². The summed E-state index contributed by atoms with van der Waals surface area (Å²) in [7, 11) is -3.81. The fourth-order valence-corrected chi connectivity index (χ4v) is 3.39. The third-order valence-corrected chi connectivity index (χ3v) is 5.10. The molecule has 3 N–H and O–H groups in total. The predicted molar refractivity (Wildman–Crippen MR) is 76.4 cm³/mol. The Balaban J connectivity index is 2.22. The minimum absolute atomic E-state index is 0.0657. The molecular weight excluding hydrogens is 301 g/mol. The number of anilines is 1. The Morgan fingerprint density at radius 3 is 2.65 bits per heavy atom. The molecule has 0 spiro atoms. The number of hydrogen-bond donors (Lipinski definition) is 2. The molecule has 0 fully saturated rings. The third-order valence-electron chi connectivity index (χ3n) is 2.75. The van der Waals surface area contributed by atoms with Gasteiger partial charge in [-0.25, -0.2) is 22.5 Å². The average Bonchev–Trinajstić information content (AvgIpc) is 2.79. The smallest absolute Gasteiger partial charge is 0.241 e. The number of nitrogens with zero attached hydrogens (tertiary/aromatic N) is 1. The van der Waals surface area contributed by atoms with Gasteiger partial charge in [-0.15, -0.1) is 11.3 Å². The van der Waals surface area contributed by atoms with Gasteiger partial charge in [-0.1, -0.05) is 0 Å². The summed E-state index contributed by atoms with van der Waals surface area (Å²) in [6.07, 6.45) is 0. The van der Waals surface area contributed by atoms with Gasteiger partial charge in [-0.2, -0.15) is 0 Å². The first-order valence-electron chi connectivity index (χ1n) is 5.76. The van der Waals surface area contributed by atoms with Crippen LogP contribution in [0.3, 0.4) is 0 Å². The minimum atomic E-state index is -3.81. The van der Waals surface area contributed by atoms with E-state index in [2.05, 4.69) is 9.71 Å². The number of sulfonamides is 1. The highest BCUT2D eigenvalue weighted by Crippen LogP contribution is 2.21. The second kappa shape index (κ2) is 5.47. The fourth-order valence-electron chi connectivity index (χ4n) is 1.55. The molecule has 0 bridgehead atoms. The summed E-state index contributed by atoms with van der Waals surface area (Å²) in [6.45, 7) is 3.38. The molecule has 8 heteroatoms. The van der Waals surface area contributed by atoms with E-state index in [1.165, 1.54) is 24.3 Å². The first-order valence-corrected chi connectivity index (χ1v) is 8.12. The van der Waals surface area contributed by atoms with E-state index >= 15 is 0 Å². The lowest BCUT2D eigenvalue weighted by atomic mass is 10.2. The number of nitrogens with one attached hydrogen (secondary N) is 1. The van der Waals surface area contributed by atoms with Gasteiger partial charge in [-0.05, 0) is 26.0 Å². The zero-order chi connectivity index (χ0) is 14.9. The Hall–Kier alpha value is -1.51. The normalized spacial score (nSPS) is 11.8. The Kier molecular flexibility index (Phi) is 4.07. The van der Waals surface area contributed by atoms with Crippen LogP contribution in [0.15, 0.2) is 22.4 Å². The number of nitrogen functional groups attached to an aromatic ring is 1. The topological polar surface area (TPSA) is 85.1 Å². The second-order valence-electron chi connectivity index (χ2n) is 4.33. The van der Waals surface area contributed by atoms with Crippen molar-refractivity contribution >= 4 is 27.0 Å². The van der Waals surface area contributed by atoms with Gasteiger partial charge in [0.05, 0.1) is 11.4 Å². The van der Waals surface area contributed by atoms with Gasteiger partial charge in [0, 0.05) is 22.3 Å². The molecule has 20 heavy (non-hydrogen) atoms. The van der Waals surface area contributed by atoms with Crippen LogP contribution in [0.1, 0.15) is 16.3 Å². The van der Waals surface area contributed by atoms with Gasteiger partial charge in [0.25, 0.3) is 0 Å². The van der Waals surface area contributed by atoms with Gasteiger partial charge in [-0.3, -0.25) is 0 Å². The standard InChI is InChI=1S/C12H14FN3O2S2/c1-7-6-19-12(16-7)5-15-20(17,18)9-3-10(13)8(2)11(14)4-9/h3-4,6,15H,5,14H2,1-2H3. The molecule has 0 aliphatic heterocycles. The van der Waals surface area contributed by atoms with Crippen LogP contribution in [-0.4, -0.2) is 13.4 Å². The van der Waals surface area contributed by atoms with Crippen LogP contribution in [-0.2, 0) is 16.6 Å². The molecule has 1 aromatic carbocycles. The maximum atomic E-state index is 13.6. The van der Waals surface area contributed by atoms with E-state index in [1.54, 1.807) is 0 Å². The molecule has 1 aromatic heterocycles. The lowest BCUT2D eigenvalue weighted by molar-refractivity contribution is 0.576. The molecule has 2 aromatic rings. The highest BCUT2D eigenvalue weighted by molar-refractivity contribution is 7.89. The first kappa shape index (κ1) is 14.9. The van der Waals surface area contributed by atoms with Crippen molar-refractivity contribution in [2.24, 2.45) is 0 Å². The quantitative estimate of drug-likeness (QED) is 0.845. The van der Waals surface area contributed by atoms with Gasteiger partial charge in [0.15, 0.2) is 0 Å². The summed E-state index contributed by atoms with van der Waals surface area (Å²) >= 11 is 1.36. The maximum Gasteiger partial charge on any atom is 0.241 e. The zero-order valence-electron chi connectivity index (χ0n) is 11.0. The molecule has 0 aliphatic carbocycles. The van der Waals surface area contributed by atoms with Crippen LogP contribution in [0, 0.1) is 19.7 Å². The minimum Gasteiger partial charge on any atom is -0.398 e. The summed E-state index contributed by atoms with van der Waals surface area (Å²) in [5.41, 5.74) is 6.76. The number of aryl methyl sites for hydroxylation is 1. The molecule has 0 aliphatic rings. The van der Waals surface area contributed by atoms with Gasteiger partial charge >= 0.3 is 0 Å². The van der Waals surface area contributed by atoms with Crippen LogP contribution >= 0.6 is 11.3 Å². The van der Waals surface area contributed by atoms with Crippen molar-refractivity contribution < 1.29 is 12.8 Å². The molecule has 0 atom stereocenters. The van der Waals surface area contributed by atoms with E-state index in [1.807, 2.05) is 12.3 Å². The predicted octanol–water partition coefficient (Wildman–Crippen LogP) is 1.96. The van der Waals surface area contributed by atoms with Crippen molar-refractivity contribution in [2.45, 2.75) is 25.3 Å². The summed E-state index contributed by atoms with van der Waals surface area (Å²) in [5.74, 6) is -0.643. The number of hydrogen-bond acceptors (Lipinski definition) is 5.